The molecule has 284 valence electrons. The van der Waals surface area contributed by atoms with Crippen molar-refractivity contribution >= 4 is 53.3 Å². The van der Waals surface area contributed by atoms with Crippen LogP contribution in [-0.2, 0) is 38.4 Å². The van der Waals surface area contributed by atoms with E-state index >= 15 is 0 Å². The third-order valence-electron chi connectivity index (χ3n) is 6.93. The molecule has 0 rings (SSSR count). The molecule has 0 aromatic carbocycles. The van der Waals surface area contributed by atoms with Gasteiger partial charge >= 0.3 is 11.9 Å². The standard InChI is InChI=1S/C29H52N10O11/c1-13(2)9-18(28(49)50)37-27(48)22(14(3)4)39-24(45)16(7-6-8-33-29(31)32)36-23(44)15(5)34-26(47)19(12-40)38-25(46)17(10-21(42)43)35-20(41)11-30/h13-19,22,40H,6-12,30H2,1-5H3,(H,34,47)(H,35,41)(H,36,44)(H,37,48)(H,38,46)(H,39,45)(H,42,43)(H,49,50)(H4,31,32,33)/t15-,16-,17-,18-,19-,22-/m0/s1. The van der Waals surface area contributed by atoms with E-state index in [-0.39, 0.29) is 37.7 Å². The van der Waals surface area contributed by atoms with Crippen molar-refractivity contribution in [1.29, 1.82) is 0 Å². The SMILES string of the molecule is CC(C)C[C@H](NC(=O)[C@@H](NC(=O)[C@H](CCCN=C(N)N)NC(=O)[C@H](C)NC(=O)[C@H](CO)NC(=O)[C@H](CC(=O)O)NC(=O)CN)C(C)C)C(=O)O. The summed E-state index contributed by atoms with van der Waals surface area (Å²) in [6.45, 7) is 6.59. The number of aliphatic imine (C=N–C) groups is 1. The Kier molecular flexibility index (Phi) is 20.3. The molecule has 0 aromatic heterocycles. The predicted octanol–water partition coefficient (Wildman–Crippen LogP) is -4.82. The second-order valence-electron chi connectivity index (χ2n) is 12.2. The van der Waals surface area contributed by atoms with E-state index in [1.807, 2.05) is 0 Å². The van der Waals surface area contributed by atoms with Crippen molar-refractivity contribution in [1.82, 2.24) is 31.9 Å². The Morgan fingerprint density at radius 1 is 0.680 bits per heavy atom. The number of nitrogens with zero attached hydrogens (tertiary/aromatic N) is 1. The van der Waals surface area contributed by atoms with Crippen molar-refractivity contribution in [3.63, 3.8) is 0 Å². The first-order chi connectivity index (χ1) is 23.2. The lowest BCUT2D eigenvalue weighted by molar-refractivity contribution is -0.143. The van der Waals surface area contributed by atoms with E-state index in [0.29, 0.717) is 0 Å². The number of nitrogens with two attached hydrogens (primary N) is 3. The molecule has 6 atom stereocenters. The summed E-state index contributed by atoms with van der Waals surface area (Å²) >= 11 is 0. The Hall–Kier alpha value is -5.05. The van der Waals surface area contributed by atoms with Crippen molar-refractivity contribution in [2.75, 3.05) is 19.7 Å². The molecule has 0 aliphatic rings. The number of guanidine groups is 1. The van der Waals surface area contributed by atoms with E-state index < -0.39 is 109 Å². The van der Waals surface area contributed by atoms with E-state index in [2.05, 4.69) is 36.9 Å². The van der Waals surface area contributed by atoms with Crippen LogP contribution in [0.25, 0.3) is 0 Å². The van der Waals surface area contributed by atoms with Crippen LogP contribution in [0.4, 0.5) is 0 Å². The van der Waals surface area contributed by atoms with Crippen LogP contribution in [0.5, 0.6) is 0 Å². The number of carbonyl (C=O) groups is 8. The number of nitrogens with one attached hydrogen (secondary N) is 6. The molecular weight excluding hydrogens is 664 g/mol. The van der Waals surface area contributed by atoms with Gasteiger partial charge in [0.1, 0.15) is 36.3 Å². The third kappa shape index (κ3) is 17.4. The predicted molar refractivity (Wildman–Crippen MR) is 177 cm³/mol. The maximum atomic E-state index is 13.4. The number of carbonyl (C=O) groups excluding carboxylic acids is 6. The lowest BCUT2D eigenvalue weighted by Gasteiger charge is -2.27. The van der Waals surface area contributed by atoms with Crippen LogP contribution < -0.4 is 49.1 Å². The summed E-state index contributed by atoms with van der Waals surface area (Å²) in [6.07, 6.45) is -0.578. The molecule has 0 heterocycles. The largest absolute Gasteiger partial charge is 0.481 e. The molecular formula is C29H52N10O11. The van der Waals surface area contributed by atoms with E-state index in [1.54, 1.807) is 27.7 Å². The van der Waals surface area contributed by atoms with Crippen LogP contribution in [0, 0.1) is 11.8 Å². The highest BCUT2D eigenvalue weighted by Gasteiger charge is 2.33. The molecule has 21 heteroatoms. The van der Waals surface area contributed by atoms with E-state index in [9.17, 15) is 48.6 Å². The maximum absolute atomic E-state index is 13.4. The molecule has 0 unspecified atom stereocenters. The Morgan fingerprint density at radius 3 is 1.70 bits per heavy atom. The smallest absolute Gasteiger partial charge is 0.326 e. The number of aliphatic carboxylic acids is 2. The van der Waals surface area contributed by atoms with Gasteiger partial charge in [-0.25, -0.2) is 4.79 Å². The fraction of sp³-hybridized carbons (Fsp3) is 0.690. The molecule has 0 radical (unpaired) electrons. The zero-order chi connectivity index (χ0) is 38.7. The van der Waals surface area contributed by atoms with Crippen LogP contribution in [0.15, 0.2) is 4.99 Å². The van der Waals surface area contributed by atoms with Gasteiger partial charge < -0.3 is 64.4 Å². The van der Waals surface area contributed by atoms with Crippen LogP contribution >= 0.6 is 0 Å². The van der Waals surface area contributed by atoms with Crippen LogP contribution in [0.1, 0.15) is 60.3 Å². The first kappa shape index (κ1) is 44.9. The van der Waals surface area contributed by atoms with Gasteiger partial charge in [-0.15, -0.1) is 0 Å². The lowest BCUT2D eigenvalue weighted by Crippen LogP contribution is -2.60. The van der Waals surface area contributed by atoms with Crippen LogP contribution in [0.3, 0.4) is 0 Å². The fourth-order valence-electron chi connectivity index (χ4n) is 4.30. The molecule has 0 aromatic rings. The van der Waals surface area contributed by atoms with Crippen LogP contribution in [-0.4, -0.2) is 125 Å². The van der Waals surface area contributed by atoms with Gasteiger partial charge in [0.2, 0.25) is 35.4 Å². The van der Waals surface area contributed by atoms with Crippen LogP contribution in [0.2, 0.25) is 0 Å². The minimum Gasteiger partial charge on any atom is -0.481 e. The van der Waals surface area contributed by atoms with Gasteiger partial charge in [-0.1, -0.05) is 27.7 Å². The highest BCUT2D eigenvalue weighted by molar-refractivity contribution is 5.97. The minimum absolute atomic E-state index is 0.0403. The Labute approximate surface area is 289 Å². The van der Waals surface area contributed by atoms with Crippen molar-refractivity contribution in [3.8, 4) is 0 Å². The molecule has 0 bridgehead atoms. The monoisotopic (exact) mass is 716 g/mol. The van der Waals surface area contributed by atoms with Crippen molar-refractivity contribution in [2.45, 2.75) is 96.6 Å². The number of aliphatic hydroxyl groups is 1. The van der Waals surface area contributed by atoms with Gasteiger partial charge in [-0.05, 0) is 38.0 Å². The number of aliphatic hydroxyl groups excluding tert-OH is 1. The van der Waals surface area contributed by atoms with Gasteiger partial charge in [0.15, 0.2) is 5.96 Å². The van der Waals surface area contributed by atoms with Gasteiger partial charge in [-0.2, -0.15) is 0 Å². The average molecular weight is 717 g/mol. The molecule has 0 saturated heterocycles. The molecule has 6 amide bonds. The summed E-state index contributed by atoms with van der Waals surface area (Å²) in [6, 6.07) is -8.39. The molecule has 0 aliphatic carbocycles. The quantitative estimate of drug-likeness (QED) is 0.0268. The van der Waals surface area contributed by atoms with Gasteiger partial charge in [0, 0.05) is 6.54 Å². The minimum atomic E-state index is -1.68. The summed E-state index contributed by atoms with van der Waals surface area (Å²) in [5, 5.41) is 42.2. The Morgan fingerprint density at radius 2 is 1.22 bits per heavy atom. The molecule has 21 nitrogen and oxygen atoms in total. The third-order valence-corrected chi connectivity index (χ3v) is 6.93. The normalized spacial score (nSPS) is 14.5. The fourth-order valence-corrected chi connectivity index (χ4v) is 4.30. The van der Waals surface area contributed by atoms with Crippen molar-refractivity contribution in [2.24, 2.45) is 34.0 Å². The number of carboxylic acids is 2. The first-order valence-corrected chi connectivity index (χ1v) is 15.9. The molecule has 0 aliphatic heterocycles. The molecule has 50 heavy (non-hydrogen) atoms. The van der Waals surface area contributed by atoms with Gasteiger partial charge in [0.05, 0.1) is 19.6 Å². The Balaban J connectivity index is 5.86. The summed E-state index contributed by atoms with van der Waals surface area (Å²) in [4.78, 5) is 103. The summed E-state index contributed by atoms with van der Waals surface area (Å²) < 4.78 is 0. The Bertz CT molecular complexity index is 1240. The zero-order valence-electron chi connectivity index (χ0n) is 28.9. The second kappa shape index (κ2) is 22.6. The van der Waals surface area contributed by atoms with E-state index in [1.165, 1.54) is 6.92 Å². The summed E-state index contributed by atoms with van der Waals surface area (Å²) in [7, 11) is 0. The van der Waals surface area contributed by atoms with Crippen molar-refractivity contribution < 1.29 is 53.7 Å². The lowest BCUT2D eigenvalue weighted by atomic mass is 9.99. The summed E-state index contributed by atoms with van der Waals surface area (Å²) in [5.41, 5.74) is 15.9. The second-order valence-corrected chi connectivity index (χ2v) is 12.2. The van der Waals surface area contributed by atoms with Gasteiger partial charge in [0.25, 0.3) is 0 Å². The number of carboxylic acid groups (broad SMARTS) is 2. The summed E-state index contributed by atoms with van der Waals surface area (Å²) in [5.74, 6) is -8.97. The topological polar surface area (TPSA) is 360 Å². The van der Waals surface area contributed by atoms with Crippen molar-refractivity contribution in [3.05, 3.63) is 0 Å². The number of rotatable bonds is 23. The first-order valence-electron chi connectivity index (χ1n) is 15.9. The highest BCUT2D eigenvalue weighted by Crippen LogP contribution is 2.09. The molecule has 0 saturated carbocycles. The zero-order valence-corrected chi connectivity index (χ0v) is 28.9. The molecule has 15 N–H and O–H groups in total. The van der Waals surface area contributed by atoms with E-state index in [4.69, 9.17) is 22.3 Å². The number of hydrogen-bond donors (Lipinski definition) is 12. The maximum Gasteiger partial charge on any atom is 0.326 e. The molecule has 0 spiro atoms. The average Bonchev–Trinajstić information content (AvgIpc) is 3.01. The highest BCUT2D eigenvalue weighted by atomic mass is 16.4. The van der Waals surface area contributed by atoms with E-state index in [0.717, 1.165) is 0 Å². The van der Waals surface area contributed by atoms with Gasteiger partial charge in [-0.3, -0.25) is 38.6 Å². The number of amides is 6. The molecule has 0 fully saturated rings. The number of hydrogen-bond acceptors (Lipinski definition) is 11.